The first-order valence-electron chi connectivity index (χ1n) is 3.92. The Morgan fingerprint density at radius 1 is 1.50 bits per heavy atom. The van der Waals surface area contributed by atoms with Gasteiger partial charge in [-0.1, -0.05) is 0 Å². The number of carbonyl (C=O) groups excluding carboxylic acids is 2. The quantitative estimate of drug-likeness (QED) is 0.542. The molecule has 0 aromatic rings. The smallest absolute Gasteiger partial charge is 0.229 e. The Balaban J connectivity index is 2.37. The van der Waals surface area contributed by atoms with E-state index >= 15 is 0 Å². The molecule has 1 N–H and O–H groups in total. The van der Waals surface area contributed by atoms with Gasteiger partial charge in [-0.15, -0.1) is 0 Å². The largest absolute Gasteiger partial charge is 0.364 e. The fraction of sp³-hybridized carbons (Fsp3) is 0.500. The fourth-order valence-corrected chi connectivity index (χ4v) is 1.66. The number of carbonyl (C=O) groups is 2. The van der Waals surface area contributed by atoms with E-state index in [1.807, 2.05) is 0 Å². The molecule has 2 heterocycles. The molecule has 1 unspecified atom stereocenters. The summed E-state index contributed by atoms with van der Waals surface area (Å²) in [5.41, 5.74) is -1.55. The van der Waals surface area contributed by atoms with Crippen LogP contribution in [-0.4, -0.2) is 27.4 Å². The van der Waals surface area contributed by atoms with Crippen LogP contribution < -0.4 is 0 Å². The lowest BCUT2D eigenvalue weighted by molar-refractivity contribution is -0.166. The Bertz CT molecular complexity index is 284. The van der Waals surface area contributed by atoms with Gasteiger partial charge in [-0.3, -0.25) is 14.5 Å². The third-order valence-corrected chi connectivity index (χ3v) is 2.35. The average Bonchev–Trinajstić information content (AvgIpc) is 2.30. The van der Waals surface area contributed by atoms with E-state index in [1.54, 1.807) is 0 Å². The number of fused-ring (bicyclic) bond motifs is 1. The summed E-state index contributed by atoms with van der Waals surface area (Å²) < 4.78 is 0. The first-order valence-corrected chi connectivity index (χ1v) is 3.92. The maximum absolute atomic E-state index is 11.2. The molecule has 0 radical (unpaired) electrons. The van der Waals surface area contributed by atoms with E-state index in [4.69, 9.17) is 0 Å². The molecule has 0 saturated carbocycles. The van der Waals surface area contributed by atoms with E-state index < -0.39 is 5.72 Å². The van der Waals surface area contributed by atoms with Crippen molar-refractivity contribution < 1.29 is 14.7 Å². The van der Waals surface area contributed by atoms with Crippen molar-refractivity contribution in [2.45, 2.75) is 25.0 Å². The zero-order valence-corrected chi connectivity index (χ0v) is 6.49. The Morgan fingerprint density at radius 3 is 2.92 bits per heavy atom. The number of amides is 1. The minimum absolute atomic E-state index is 0.175. The Kier molecular flexibility index (Phi) is 1.35. The number of hydrogen-bond donors (Lipinski definition) is 1. The molecule has 1 atom stereocenters. The van der Waals surface area contributed by atoms with Crippen molar-refractivity contribution in [1.82, 2.24) is 4.90 Å². The van der Waals surface area contributed by atoms with Gasteiger partial charge < -0.3 is 5.11 Å². The molecule has 2 aliphatic rings. The highest BCUT2D eigenvalue weighted by Gasteiger charge is 2.48. The second-order valence-electron chi connectivity index (χ2n) is 3.11. The molecule has 0 aromatic heterocycles. The summed E-state index contributed by atoms with van der Waals surface area (Å²) in [6.07, 6.45) is 3.97. The standard InChI is InChI=1S/C8H9NO3/c10-6-3-5-9-7(11)2-1-4-8(6,9)12/h3,5,12H,1-2,4H2. The third-order valence-electron chi connectivity index (χ3n) is 2.35. The first kappa shape index (κ1) is 7.49. The van der Waals surface area contributed by atoms with Crippen LogP contribution in [0.25, 0.3) is 0 Å². The molecular formula is C8H9NO3. The molecule has 0 aromatic carbocycles. The van der Waals surface area contributed by atoms with Gasteiger partial charge in [0.15, 0.2) is 0 Å². The highest BCUT2D eigenvalue weighted by Crippen LogP contribution is 2.31. The van der Waals surface area contributed by atoms with E-state index in [1.165, 1.54) is 12.3 Å². The highest BCUT2D eigenvalue weighted by atomic mass is 16.3. The van der Waals surface area contributed by atoms with Crippen LogP contribution >= 0.6 is 0 Å². The molecule has 4 nitrogen and oxygen atoms in total. The zero-order chi connectivity index (χ0) is 8.77. The Hall–Kier alpha value is -1.16. The molecule has 0 bridgehead atoms. The summed E-state index contributed by atoms with van der Waals surface area (Å²) in [6.45, 7) is 0. The predicted molar refractivity (Wildman–Crippen MR) is 39.8 cm³/mol. The Morgan fingerprint density at radius 2 is 2.25 bits per heavy atom. The normalized spacial score (nSPS) is 34.2. The molecule has 1 saturated heterocycles. The fourth-order valence-electron chi connectivity index (χ4n) is 1.66. The minimum Gasteiger partial charge on any atom is -0.364 e. The molecular weight excluding hydrogens is 158 g/mol. The summed E-state index contributed by atoms with van der Waals surface area (Å²) in [7, 11) is 0. The van der Waals surface area contributed by atoms with Crippen molar-refractivity contribution in [2.75, 3.05) is 0 Å². The van der Waals surface area contributed by atoms with Crippen molar-refractivity contribution in [2.24, 2.45) is 0 Å². The third kappa shape index (κ3) is 0.754. The highest BCUT2D eigenvalue weighted by molar-refractivity contribution is 6.03. The molecule has 2 aliphatic heterocycles. The molecule has 1 amide bonds. The van der Waals surface area contributed by atoms with Crippen LogP contribution in [0.5, 0.6) is 0 Å². The number of aliphatic hydroxyl groups is 1. The maximum atomic E-state index is 11.2. The van der Waals surface area contributed by atoms with Gasteiger partial charge in [0.2, 0.25) is 17.4 Å². The van der Waals surface area contributed by atoms with Crippen molar-refractivity contribution >= 4 is 11.7 Å². The number of hydrogen-bond acceptors (Lipinski definition) is 3. The van der Waals surface area contributed by atoms with Crippen LogP contribution in [0.2, 0.25) is 0 Å². The minimum atomic E-state index is -1.55. The van der Waals surface area contributed by atoms with E-state index in [2.05, 4.69) is 0 Å². The molecule has 2 rings (SSSR count). The molecule has 0 aliphatic carbocycles. The van der Waals surface area contributed by atoms with Crippen LogP contribution in [0, 0.1) is 0 Å². The lowest BCUT2D eigenvalue weighted by Gasteiger charge is -2.35. The molecule has 0 spiro atoms. The van der Waals surface area contributed by atoms with Crippen molar-refractivity contribution in [3.8, 4) is 0 Å². The van der Waals surface area contributed by atoms with Crippen molar-refractivity contribution in [3.63, 3.8) is 0 Å². The predicted octanol–water partition coefficient (Wildman–Crippen LogP) is -0.216. The Labute approximate surface area is 69.5 Å². The van der Waals surface area contributed by atoms with E-state index in [9.17, 15) is 14.7 Å². The molecule has 4 heteroatoms. The van der Waals surface area contributed by atoms with Crippen molar-refractivity contribution in [1.29, 1.82) is 0 Å². The zero-order valence-electron chi connectivity index (χ0n) is 6.49. The van der Waals surface area contributed by atoms with Gasteiger partial charge >= 0.3 is 0 Å². The van der Waals surface area contributed by atoms with Crippen LogP contribution in [0.15, 0.2) is 12.3 Å². The average molecular weight is 167 g/mol. The van der Waals surface area contributed by atoms with Gasteiger partial charge in [0.05, 0.1) is 0 Å². The van der Waals surface area contributed by atoms with Crippen LogP contribution in [0.1, 0.15) is 19.3 Å². The first-order chi connectivity index (χ1) is 5.64. The van der Waals surface area contributed by atoms with Gasteiger partial charge in [0, 0.05) is 25.1 Å². The number of piperidine rings is 1. The van der Waals surface area contributed by atoms with Crippen LogP contribution in [0.4, 0.5) is 0 Å². The lowest BCUT2D eigenvalue weighted by atomic mass is 9.97. The summed E-state index contributed by atoms with van der Waals surface area (Å²) in [6, 6.07) is 0. The van der Waals surface area contributed by atoms with Crippen LogP contribution in [0.3, 0.4) is 0 Å². The summed E-state index contributed by atoms with van der Waals surface area (Å²) >= 11 is 0. The van der Waals surface area contributed by atoms with E-state index in [-0.39, 0.29) is 11.7 Å². The second-order valence-corrected chi connectivity index (χ2v) is 3.11. The molecule has 1 fully saturated rings. The monoisotopic (exact) mass is 167 g/mol. The molecule has 64 valence electrons. The lowest BCUT2D eigenvalue weighted by Crippen LogP contribution is -2.53. The van der Waals surface area contributed by atoms with Crippen LogP contribution in [-0.2, 0) is 9.59 Å². The maximum Gasteiger partial charge on any atom is 0.229 e. The van der Waals surface area contributed by atoms with E-state index in [0.717, 1.165) is 4.90 Å². The van der Waals surface area contributed by atoms with Gasteiger partial charge in [-0.05, 0) is 6.42 Å². The summed E-state index contributed by atoms with van der Waals surface area (Å²) in [4.78, 5) is 23.5. The molecule has 12 heavy (non-hydrogen) atoms. The summed E-state index contributed by atoms with van der Waals surface area (Å²) in [5.74, 6) is -0.554. The second kappa shape index (κ2) is 2.17. The number of nitrogens with zero attached hydrogens (tertiary/aromatic N) is 1. The summed E-state index contributed by atoms with van der Waals surface area (Å²) in [5, 5.41) is 9.74. The van der Waals surface area contributed by atoms with Crippen molar-refractivity contribution in [3.05, 3.63) is 12.3 Å². The van der Waals surface area contributed by atoms with Gasteiger partial charge in [-0.25, -0.2) is 0 Å². The van der Waals surface area contributed by atoms with E-state index in [0.29, 0.717) is 19.3 Å². The topological polar surface area (TPSA) is 57.6 Å². The number of rotatable bonds is 0. The van der Waals surface area contributed by atoms with Gasteiger partial charge in [0.1, 0.15) is 0 Å². The van der Waals surface area contributed by atoms with Gasteiger partial charge in [0.25, 0.3) is 0 Å². The number of ketones is 1. The SMILES string of the molecule is O=C1CCCC2(O)C(=O)C=CN12. The van der Waals surface area contributed by atoms with Gasteiger partial charge in [-0.2, -0.15) is 0 Å².